The highest BCUT2D eigenvalue weighted by atomic mass is 35.5. The van der Waals surface area contributed by atoms with Gasteiger partial charge in [0.15, 0.2) is 0 Å². The Morgan fingerprint density at radius 2 is 1.92 bits per heavy atom. The maximum atomic E-state index is 11.3. The van der Waals surface area contributed by atoms with Crippen molar-refractivity contribution in [3.8, 4) is 11.5 Å². The SMILES string of the molecule is CC(C)Oc1ccc(C(=O)O)c(OCCc2ccc(Cl)cc2Cl)c1. The molecule has 0 fully saturated rings. The number of carbonyl (C=O) groups is 1. The van der Waals surface area contributed by atoms with E-state index >= 15 is 0 Å². The van der Waals surface area contributed by atoms with Crippen LogP contribution in [0.5, 0.6) is 11.5 Å². The van der Waals surface area contributed by atoms with Crippen molar-refractivity contribution < 1.29 is 19.4 Å². The van der Waals surface area contributed by atoms with E-state index in [4.69, 9.17) is 32.7 Å². The molecule has 0 radical (unpaired) electrons. The minimum absolute atomic E-state index is 0.0126. The molecule has 0 bridgehead atoms. The minimum atomic E-state index is -1.05. The quantitative estimate of drug-likeness (QED) is 0.738. The molecule has 1 N–H and O–H groups in total. The van der Waals surface area contributed by atoms with Crippen LogP contribution < -0.4 is 9.47 Å². The van der Waals surface area contributed by atoms with Crippen LogP contribution in [0.15, 0.2) is 36.4 Å². The van der Waals surface area contributed by atoms with E-state index in [2.05, 4.69) is 0 Å². The lowest BCUT2D eigenvalue weighted by Crippen LogP contribution is -2.09. The lowest BCUT2D eigenvalue weighted by atomic mass is 10.1. The largest absolute Gasteiger partial charge is 0.492 e. The zero-order valence-electron chi connectivity index (χ0n) is 13.4. The third-order valence-corrected chi connectivity index (χ3v) is 3.79. The number of ether oxygens (including phenoxy) is 2. The number of halogens is 2. The van der Waals surface area contributed by atoms with Crippen molar-refractivity contribution in [2.24, 2.45) is 0 Å². The topological polar surface area (TPSA) is 55.8 Å². The van der Waals surface area contributed by atoms with Crippen molar-refractivity contribution in [2.75, 3.05) is 6.61 Å². The maximum Gasteiger partial charge on any atom is 0.339 e. The average molecular weight is 369 g/mol. The van der Waals surface area contributed by atoms with Gasteiger partial charge in [-0.1, -0.05) is 29.3 Å². The first-order valence-electron chi connectivity index (χ1n) is 7.47. The minimum Gasteiger partial charge on any atom is -0.492 e. The highest BCUT2D eigenvalue weighted by Crippen LogP contribution is 2.27. The van der Waals surface area contributed by atoms with Crippen LogP contribution in [-0.2, 0) is 6.42 Å². The van der Waals surface area contributed by atoms with Gasteiger partial charge in [0.2, 0.25) is 0 Å². The van der Waals surface area contributed by atoms with Gasteiger partial charge in [-0.2, -0.15) is 0 Å². The fourth-order valence-corrected chi connectivity index (χ4v) is 2.64. The Labute approximate surface area is 150 Å². The number of benzene rings is 2. The van der Waals surface area contributed by atoms with Crippen LogP contribution in [0, 0.1) is 0 Å². The van der Waals surface area contributed by atoms with E-state index in [-0.39, 0.29) is 24.0 Å². The highest BCUT2D eigenvalue weighted by molar-refractivity contribution is 6.35. The predicted octanol–water partition coefficient (Wildman–Crippen LogP) is 5.10. The average Bonchev–Trinajstić information content (AvgIpc) is 2.48. The summed E-state index contributed by atoms with van der Waals surface area (Å²) < 4.78 is 11.2. The third-order valence-electron chi connectivity index (χ3n) is 3.20. The van der Waals surface area contributed by atoms with Crippen LogP contribution in [0.2, 0.25) is 10.0 Å². The summed E-state index contributed by atoms with van der Waals surface area (Å²) in [6.07, 6.45) is 0.519. The molecule has 0 aromatic heterocycles. The zero-order valence-corrected chi connectivity index (χ0v) is 14.9. The molecule has 4 nitrogen and oxygen atoms in total. The number of hydrogen-bond acceptors (Lipinski definition) is 3. The van der Waals surface area contributed by atoms with E-state index in [0.717, 1.165) is 5.56 Å². The zero-order chi connectivity index (χ0) is 17.7. The molecule has 0 saturated carbocycles. The molecule has 0 spiro atoms. The van der Waals surface area contributed by atoms with Gasteiger partial charge in [0.25, 0.3) is 0 Å². The second-order valence-corrected chi connectivity index (χ2v) is 6.31. The van der Waals surface area contributed by atoms with E-state index in [0.29, 0.717) is 22.2 Å². The summed E-state index contributed by atoms with van der Waals surface area (Å²) in [5.74, 6) is -0.217. The Bertz CT molecular complexity index is 729. The van der Waals surface area contributed by atoms with E-state index in [9.17, 15) is 9.90 Å². The predicted molar refractivity (Wildman–Crippen MR) is 94.8 cm³/mol. The Morgan fingerprint density at radius 1 is 1.17 bits per heavy atom. The van der Waals surface area contributed by atoms with Gasteiger partial charge in [-0.25, -0.2) is 4.79 Å². The summed E-state index contributed by atoms with van der Waals surface area (Å²) >= 11 is 12.0. The molecule has 2 aromatic rings. The molecule has 0 heterocycles. The van der Waals surface area contributed by atoms with Gasteiger partial charge in [-0.15, -0.1) is 0 Å². The summed E-state index contributed by atoms with van der Waals surface area (Å²) in [5, 5.41) is 10.4. The molecule has 2 rings (SSSR count). The fraction of sp³-hybridized carbons (Fsp3) is 0.278. The van der Waals surface area contributed by atoms with E-state index in [1.807, 2.05) is 19.9 Å². The summed E-state index contributed by atoms with van der Waals surface area (Å²) in [6, 6.07) is 9.93. The molecule has 0 amide bonds. The number of rotatable bonds is 7. The molecular weight excluding hydrogens is 351 g/mol. The Balaban J connectivity index is 2.10. The second kappa shape index (κ2) is 8.27. The molecule has 0 aliphatic carbocycles. The molecule has 2 aromatic carbocycles. The lowest BCUT2D eigenvalue weighted by Gasteiger charge is -2.14. The standard InChI is InChI=1S/C18H18Cl2O4/c1-11(2)24-14-5-6-15(18(21)22)17(10-14)23-8-7-12-3-4-13(19)9-16(12)20/h3-6,9-11H,7-8H2,1-2H3,(H,21,22). The fourth-order valence-electron chi connectivity index (χ4n) is 2.14. The van der Waals surface area contributed by atoms with Gasteiger partial charge in [0, 0.05) is 22.5 Å². The van der Waals surface area contributed by atoms with E-state index < -0.39 is 5.97 Å². The Kier molecular flexibility index (Phi) is 6.35. The molecule has 6 heteroatoms. The highest BCUT2D eigenvalue weighted by Gasteiger charge is 2.13. The first kappa shape index (κ1) is 18.4. The van der Waals surface area contributed by atoms with Crippen molar-refractivity contribution >= 4 is 29.2 Å². The van der Waals surface area contributed by atoms with Crippen LogP contribution in [0.25, 0.3) is 0 Å². The summed E-state index contributed by atoms with van der Waals surface area (Å²) in [6.45, 7) is 4.08. The van der Waals surface area contributed by atoms with E-state index in [1.165, 1.54) is 6.07 Å². The second-order valence-electron chi connectivity index (χ2n) is 5.46. The van der Waals surface area contributed by atoms with Crippen LogP contribution in [0.4, 0.5) is 0 Å². The van der Waals surface area contributed by atoms with Gasteiger partial charge >= 0.3 is 5.97 Å². The van der Waals surface area contributed by atoms with E-state index in [1.54, 1.807) is 24.3 Å². The van der Waals surface area contributed by atoms with Gasteiger partial charge in [0.1, 0.15) is 17.1 Å². The summed E-state index contributed by atoms with van der Waals surface area (Å²) in [7, 11) is 0. The Hall–Kier alpha value is -1.91. The first-order chi connectivity index (χ1) is 11.4. The van der Waals surface area contributed by atoms with Gasteiger partial charge in [-0.3, -0.25) is 0 Å². The number of aromatic carboxylic acids is 1. The van der Waals surface area contributed by atoms with Crippen molar-refractivity contribution in [3.05, 3.63) is 57.6 Å². The number of hydrogen-bond donors (Lipinski definition) is 1. The van der Waals surface area contributed by atoms with Crippen LogP contribution >= 0.6 is 23.2 Å². The smallest absolute Gasteiger partial charge is 0.339 e. The lowest BCUT2D eigenvalue weighted by molar-refractivity contribution is 0.0692. The number of carboxylic acid groups (broad SMARTS) is 1. The van der Waals surface area contributed by atoms with Crippen molar-refractivity contribution in [1.82, 2.24) is 0 Å². The van der Waals surface area contributed by atoms with Crippen LogP contribution in [0.1, 0.15) is 29.8 Å². The van der Waals surface area contributed by atoms with Crippen LogP contribution in [-0.4, -0.2) is 23.8 Å². The molecule has 24 heavy (non-hydrogen) atoms. The summed E-state index contributed by atoms with van der Waals surface area (Å²) in [5.41, 5.74) is 0.973. The molecule has 0 unspecified atom stereocenters. The van der Waals surface area contributed by atoms with Crippen LogP contribution in [0.3, 0.4) is 0 Å². The monoisotopic (exact) mass is 368 g/mol. The van der Waals surface area contributed by atoms with Gasteiger partial charge in [0.05, 0.1) is 12.7 Å². The molecular formula is C18H18Cl2O4. The molecule has 0 atom stereocenters. The Morgan fingerprint density at radius 3 is 2.54 bits per heavy atom. The molecule has 0 aliphatic heterocycles. The third kappa shape index (κ3) is 5.05. The first-order valence-corrected chi connectivity index (χ1v) is 8.23. The molecule has 128 valence electrons. The molecule has 0 saturated heterocycles. The number of carboxylic acids is 1. The van der Waals surface area contributed by atoms with Gasteiger partial charge in [-0.05, 0) is 43.7 Å². The molecule has 0 aliphatic rings. The van der Waals surface area contributed by atoms with Crippen molar-refractivity contribution in [3.63, 3.8) is 0 Å². The normalized spacial score (nSPS) is 10.7. The van der Waals surface area contributed by atoms with Crippen molar-refractivity contribution in [2.45, 2.75) is 26.4 Å². The maximum absolute atomic E-state index is 11.3. The summed E-state index contributed by atoms with van der Waals surface area (Å²) in [4.78, 5) is 11.3. The van der Waals surface area contributed by atoms with Gasteiger partial charge < -0.3 is 14.6 Å². The van der Waals surface area contributed by atoms with Crippen molar-refractivity contribution in [1.29, 1.82) is 0 Å².